The van der Waals surface area contributed by atoms with Gasteiger partial charge < -0.3 is 20.3 Å². The molecule has 0 aliphatic heterocycles. The lowest BCUT2D eigenvalue weighted by Gasteiger charge is -2.23. The van der Waals surface area contributed by atoms with E-state index < -0.39 is 6.10 Å². The molecule has 0 spiro atoms. The molecule has 0 aliphatic rings. The van der Waals surface area contributed by atoms with E-state index in [1.54, 1.807) is 7.11 Å². The number of hydrogen-bond acceptors (Lipinski definition) is 4. The van der Waals surface area contributed by atoms with E-state index in [0.717, 1.165) is 13.0 Å². The molecule has 0 amide bonds. The van der Waals surface area contributed by atoms with Crippen molar-refractivity contribution in [2.45, 2.75) is 32.0 Å². The van der Waals surface area contributed by atoms with E-state index in [0.29, 0.717) is 6.54 Å². The van der Waals surface area contributed by atoms with Gasteiger partial charge in [-0.2, -0.15) is 0 Å². The van der Waals surface area contributed by atoms with E-state index in [2.05, 4.69) is 5.32 Å². The molecule has 80 valence electrons. The van der Waals surface area contributed by atoms with Gasteiger partial charge in [-0.3, -0.25) is 0 Å². The summed E-state index contributed by atoms with van der Waals surface area (Å²) in [6.45, 7) is 5.03. The molecule has 0 heterocycles. The number of rotatable bonds is 7. The van der Waals surface area contributed by atoms with Crippen LogP contribution in [-0.4, -0.2) is 48.7 Å². The van der Waals surface area contributed by atoms with Crippen LogP contribution in [0.1, 0.15) is 20.3 Å². The monoisotopic (exact) mass is 191 g/mol. The van der Waals surface area contributed by atoms with Gasteiger partial charge in [-0.05, 0) is 26.8 Å². The second kappa shape index (κ2) is 6.32. The molecule has 1 unspecified atom stereocenters. The van der Waals surface area contributed by atoms with Gasteiger partial charge >= 0.3 is 0 Å². The highest BCUT2D eigenvalue weighted by Crippen LogP contribution is 2.10. The van der Waals surface area contributed by atoms with Crippen molar-refractivity contribution in [2.75, 3.05) is 26.8 Å². The van der Waals surface area contributed by atoms with Crippen LogP contribution in [0.15, 0.2) is 0 Å². The topological polar surface area (TPSA) is 61.7 Å². The van der Waals surface area contributed by atoms with Crippen molar-refractivity contribution in [3.63, 3.8) is 0 Å². The van der Waals surface area contributed by atoms with Crippen molar-refractivity contribution in [1.29, 1.82) is 0 Å². The summed E-state index contributed by atoms with van der Waals surface area (Å²) in [5.41, 5.74) is -0.128. The highest BCUT2D eigenvalue weighted by molar-refractivity contribution is 4.69. The van der Waals surface area contributed by atoms with Crippen molar-refractivity contribution in [3.05, 3.63) is 0 Å². The maximum Gasteiger partial charge on any atom is 0.0894 e. The number of aliphatic hydroxyl groups excluding tert-OH is 2. The lowest BCUT2D eigenvalue weighted by atomic mass is 10.1. The summed E-state index contributed by atoms with van der Waals surface area (Å²) >= 11 is 0. The summed E-state index contributed by atoms with van der Waals surface area (Å²) < 4.78 is 5.22. The Morgan fingerprint density at radius 3 is 2.54 bits per heavy atom. The second-order valence-electron chi connectivity index (χ2n) is 3.75. The normalized spacial score (nSPS) is 14.5. The first-order valence-corrected chi connectivity index (χ1v) is 4.56. The molecular formula is C9H21NO3. The first kappa shape index (κ1) is 12.8. The molecule has 0 rings (SSSR count). The quantitative estimate of drug-likeness (QED) is 0.485. The van der Waals surface area contributed by atoms with Crippen LogP contribution in [0, 0.1) is 0 Å². The molecule has 0 saturated carbocycles. The van der Waals surface area contributed by atoms with Gasteiger partial charge in [0.15, 0.2) is 0 Å². The third kappa shape index (κ3) is 6.95. The molecule has 4 heteroatoms. The summed E-state index contributed by atoms with van der Waals surface area (Å²) in [5, 5.41) is 20.6. The molecule has 4 nitrogen and oxygen atoms in total. The summed E-state index contributed by atoms with van der Waals surface area (Å²) in [5.74, 6) is 0. The van der Waals surface area contributed by atoms with Crippen LogP contribution in [-0.2, 0) is 4.74 Å². The first-order valence-electron chi connectivity index (χ1n) is 4.56. The molecule has 3 N–H and O–H groups in total. The van der Waals surface area contributed by atoms with Crippen molar-refractivity contribution in [3.8, 4) is 0 Å². The Morgan fingerprint density at radius 2 is 2.08 bits per heavy atom. The Hall–Kier alpha value is -0.160. The molecule has 1 atom stereocenters. The fourth-order valence-electron chi connectivity index (χ4n) is 0.825. The minimum Gasteiger partial charge on any atom is -0.394 e. The van der Waals surface area contributed by atoms with Gasteiger partial charge in [0.25, 0.3) is 0 Å². The Balaban J connectivity index is 3.35. The minimum atomic E-state index is -0.661. The van der Waals surface area contributed by atoms with Gasteiger partial charge in [0.2, 0.25) is 0 Å². The van der Waals surface area contributed by atoms with E-state index in [-0.39, 0.29) is 12.2 Å². The van der Waals surface area contributed by atoms with Crippen LogP contribution in [0.4, 0.5) is 0 Å². The van der Waals surface area contributed by atoms with Gasteiger partial charge in [-0.1, -0.05) is 0 Å². The SMILES string of the molecule is COC(C)(C)CCNCC(O)CO. The smallest absolute Gasteiger partial charge is 0.0894 e. The van der Waals surface area contributed by atoms with Crippen LogP contribution in [0.3, 0.4) is 0 Å². The predicted molar refractivity (Wildman–Crippen MR) is 51.7 cm³/mol. The standard InChI is InChI=1S/C9H21NO3/c1-9(2,13-3)4-5-10-6-8(12)7-11/h8,10-12H,4-7H2,1-3H3. The summed E-state index contributed by atoms with van der Waals surface area (Å²) in [7, 11) is 1.68. The number of hydrogen-bond donors (Lipinski definition) is 3. The van der Waals surface area contributed by atoms with Crippen LogP contribution in [0.25, 0.3) is 0 Å². The lowest BCUT2D eigenvalue weighted by molar-refractivity contribution is 0.0147. The van der Waals surface area contributed by atoms with E-state index in [9.17, 15) is 0 Å². The molecule has 0 aromatic rings. The Morgan fingerprint density at radius 1 is 1.46 bits per heavy atom. The molecule has 0 aliphatic carbocycles. The summed E-state index contributed by atoms with van der Waals surface area (Å²) in [6, 6.07) is 0. The molecule has 0 bridgehead atoms. The molecule has 13 heavy (non-hydrogen) atoms. The van der Waals surface area contributed by atoms with E-state index in [4.69, 9.17) is 14.9 Å². The predicted octanol–water partition coefficient (Wildman–Crippen LogP) is -0.256. The van der Waals surface area contributed by atoms with Crippen molar-refractivity contribution in [2.24, 2.45) is 0 Å². The highest BCUT2D eigenvalue weighted by Gasteiger charge is 2.15. The zero-order chi connectivity index (χ0) is 10.3. The first-order chi connectivity index (χ1) is 6.02. The lowest BCUT2D eigenvalue weighted by Crippen LogP contribution is -2.34. The minimum absolute atomic E-state index is 0.128. The number of nitrogens with one attached hydrogen (secondary N) is 1. The third-order valence-corrected chi connectivity index (χ3v) is 2.05. The maximum absolute atomic E-state index is 9.00. The third-order valence-electron chi connectivity index (χ3n) is 2.05. The fraction of sp³-hybridized carbons (Fsp3) is 1.00. The van der Waals surface area contributed by atoms with Gasteiger partial charge in [0.05, 0.1) is 18.3 Å². The number of ether oxygens (including phenoxy) is 1. The van der Waals surface area contributed by atoms with Crippen LogP contribution >= 0.6 is 0 Å². The van der Waals surface area contributed by atoms with E-state index in [1.165, 1.54) is 0 Å². The average Bonchev–Trinajstić information content (AvgIpc) is 2.12. The van der Waals surface area contributed by atoms with Gasteiger partial charge in [0.1, 0.15) is 0 Å². The largest absolute Gasteiger partial charge is 0.394 e. The van der Waals surface area contributed by atoms with Crippen molar-refractivity contribution < 1.29 is 14.9 Å². The zero-order valence-electron chi connectivity index (χ0n) is 8.71. The highest BCUT2D eigenvalue weighted by atomic mass is 16.5. The van der Waals surface area contributed by atoms with Crippen molar-refractivity contribution >= 4 is 0 Å². The summed E-state index contributed by atoms with van der Waals surface area (Å²) in [4.78, 5) is 0. The van der Waals surface area contributed by atoms with Gasteiger partial charge in [0, 0.05) is 13.7 Å². The summed E-state index contributed by atoms with van der Waals surface area (Å²) in [6.07, 6.45) is 0.215. The van der Waals surface area contributed by atoms with Crippen LogP contribution in [0.2, 0.25) is 0 Å². The Kier molecular flexibility index (Phi) is 6.24. The fourth-order valence-corrected chi connectivity index (χ4v) is 0.825. The number of methoxy groups -OCH3 is 1. The van der Waals surface area contributed by atoms with E-state index >= 15 is 0 Å². The van der Waals surface area contributed by atoms with Crippen molar-refractivity contribution in [1.82, 2.24) is 5.32 Å². The molecule has 0 aromatic carbocycles. The number of aliphatic hydroxyl groups is 2. The zero-order valence-corrected chi connectivity index (χ0v) is 8.71. The second-order valence-corrected chi connectivity index (χ2v) is 3.75. The Bertz CT molecular complexity index is 128. The average molecular weight is 191 g/mol. The van der Waals surface area contributed by atoms with Gasteiger partial charge in [-0.15, -0.1) is 0 Å². The van der Waals surface area contributed by atoms with Crippen LogP contribution < -0.4 is 5.32 Å². The molecule has 0 radical (unpaired) electrons. The maximum atomic E-state index is 9.00. The molecular weight excluding hydrogens is 170 g/mol. The molecule has 0 aromatic heterocycles. The molecule has 0 fully saturated rings. The van der Waals surface area contributed by atoms with Gasteiger partial charge in [-0.25, -0.2) is 0 Å². The Labute approximate surface area is 79.9 Å². The molecule has 0 saturated heterocycles. The van der Waals surface area contributed by atoms with E-state index in [1.807, 2.05) is 13.8 Å². The van der Waals surface area contributed by atoms with Crippen LogP contribution in [0.5, 0.6) is 0 Å².